The molecule has 2 N–H and O–H groups in total. The maximum Gasteiger partial charge on any atom is 0.275 e. The molecule has 1 fully saturated rings. The minimum Gasteiger partial charge on any atom is -0.367 e. The highest BCUT2D eigenvalue weighted by molar-refractivity contribution is 6.02. The van der Waals surface area contributed by atoms with E-state index in [4.69, 9.17) is 4.52 Å². The van der Waals surface area contributed by atoms with Gasteiger partial charge in [-0.1, -0.05) is 5.16 Å². The van der Waals surface area contributed by atoms with Gasteiger partial charge in [-0.25, -0.2) is 9.97 Å². The predicted octanol–water partition coefficient (Wildman–Crippen LogP) is 1.91. The van der Waals surface area contributed by atoms with E-state index in [0.29, 0.717) is 35.0 Å². The van der Waals surface area contributed by atoms with Crippen LogP contribution in [-0.4, -0.2) is 27.1 Å². The number of carbonyl (C=O) groups is 1. The van der Waals surface area contributed by atoms with Gasteiger partial charge in [-0.2, -0.15) is 0 Å². The molecule has 2 aromatic heterocycles. The van der Waals surface area contributed by atoms with Crippen LogP contribution in [0.5, 0.6) is 0 Å². The van der Waals surface area contributed by atoms with Crippen molar-refractivity contribution >= 4 is 17.5 Å². The molecule has 0 radical (unpaired) electrons. The lowest BCUT2D eigenvalue weighted by Gasteiger charge is -2.07. The van der Waals surface area contributed by atoms with Crippen LogP contribution in [0.25, 0.3) is 0 Å². The quantitative estimate of drug-likeness (QED) is 0.883. The molecule has 1 saturated carbocycles. The third-order valence-corrected chi connectivity index (χ3v) is 2.87. The normalized spacial score (nSPS) is 14.1. The maximum atomic E-state index is 12.1. The summed E-state index contributed by atoms with van der Waals surface area (Å²) in [6.45, 7) is 3.52. The minimum absolute atomic E-state index is 0.307. The molecule has 3 rings (SSSR count). The van der Waals surface area contributed by atoms with Gasteiger partial charge in [-0.3, -0.25) is 4.79 Å². The van der Waals surface area contributed by atoms with Gasteiger partial charge in [0, 0.05) is 18.2 Å². The minimum atomic E-state index is -0.331. The SMILES string of the molecule is Cc1nc(NC2CC2)cc(C(=O)Nc2cc(C)on2)n1. The topological polar surface area (TPSA) is 92.9 Å². The van der Waals surface area contributed by atoms with Gasteiger partial charge in [0.25, 0.3) is 5.91 Å². The number of carbonyl (C=O) groups excluding carboxylic acids is 1. The molecular formula is C13H15N5O2. The number of nitrogens with zero attached hydrogens (tertiary/aromatic N) is 3. The summed E-state index contributed by atoms with van der Waals surface area (Å²) in [5, 5.41) is 9.61. The zero-order valence-corrected chi connectivity index (χ0v) is 11.3. The van der Waals surface area contributed by atoms with Crippen molar-refractivity contribution in [3.63, 3.8) is 0 Å². The van der Waals surface area contributed by atoms with Crippen molar-refractivity contribution in [1.29, 1.82) is 0 Å². The zero-order valence-electron chi connectivity index (χ0n) is 11.3. The number of anilines is 2. The van der Waals surface area contributed by atoms with E-state index in [1.54, 1.807) is 26.0 Å². The summed E-state index contributed by atoms with van der Waals surface area (Å²) >= 11 is 0. The highest BCUT2D eigenvalue weighted by atomic mass is 16.5. The van der Waals surface area contributed by atoms with E-state index in [-0.39, 0.29) is 5.91 Å². The third-order valence-electron chi connectivity index (χ3n) is 2.87. The van der Waals surface area contributed by atoms with Gasteiger partial charge in [-0.15, -0.1) is 0 Å². The van der Waals surface area contributed by atoms with Gasteiger partial charge < -0.3 is 15.2 Å². The summed E-state index contributed by atoms with van der Waals surface area (Å²) in [4.78, 5) is 20.5. The number of rotatable bonds is 4. The largest absolute Gasteiger partial charge is 0.367 e. The Labute approximate surface area is 115 Å². The molecule has 0 atom stereocenters. The van der Waals surface area contributed by atoms with E-state index in [1.165, 1.54) is 0 Å². The molecule has 0 aliphatic heterocycles. The van der Waals surface area contributed by atoms with Gasteiger partial charge in [0.05, 0.1) is 0 Å². The Hall–Kier alpha value is -2.44. The molecule has 0 aromatic carbocycles. The van der Waals surface area contributed by atoms with Crippen LogP contribution < -0.4 is 10.6 Å². The highest BCUT2D eigenvalue weighted by Crippen LogP contribution is 2.24. The summed E-state index contributed by atoms with van der Waals surface area (Å²) in [6, 6.07) is 3.77. The summed E-state index contributed by atoms with van der Waals surface area (Å²) < 4.78 is 4.90. The molecule has 1 aliphatic carbocycles. The van der Waals surface area contributed by atoms with E-state index >= 15 is 0 Å². The van der Waals surface area contributed by atoms with Crippen LogP contribution in [0.2, 0.25) is 0 Å². The van der Waals surface area contributed by atoms with Crippen LogP contribution in [0.15, 0.2) is 16.7 Å². The molecule has 0 bridgehead atoms. The van der Waals surface area contributed by atoms with Crippen molar-refractivity contribution in [2.24, 2.45) is 0 Å². The Kier molecular flexibility index (Phi) is 3.09. The zero-order chi connectivity index (χ0) is 14.1. The lowest BCUT2D eigenvalue weighted by Crippen LogP contribution is -2.16. The van der Waals surface area contributed by atoms with E-state index in [2.05, 4.69) is 25.8 Å². The number of nitrogens with one attached hydrogen (secondary N) is 2. The Morgan fingerprint density at radius 3 is 2.70 bits per heavy atom. The lowest BCUT2D eigenvalue weighted by atomic mass is 10.3. The molecular weight excluding hydrogens is 258 g/mol. The monoisotopic (exact) mass is 273 g/mol. The number of hydrogen-bond donors (Lipinski definition) is 2. The average molecular weight is 273 g/mol. The molecule has 20 heavy (non-hydrogen) atoms. The first kappa shape index (κ1) is 12.6. The van der Waals surface area contributed by atoms with Gasteiger partial charge in [0.1, 0.15) is 23.1 Å². The Bertz CT molecular complexity index is 648. The number of amides is 1. The number of hydrogen-bond acceptors (Lipinski definition) is 6. The molecule has 2 aromatic rings. The second kappa shape index (κ2) is 4.92. The van der Waals surface area contributed by atoms with Crippen LogP contribution in [0.3, 0.4) is 0 Å². The Balaban J connectivity index is 1.77. The van der Waals surface area contributed by atoms with Crippen LogP contribution in [-0.2, 0) is 0 Å². The number of aryl methyl sites for hydroxylation is 2. The molecule has 2 heterocycles. The average Bonchev–Trinajstić information content (AvgIpc) is 3.10. The number of aromatic nitrogens is 3. The first-order valence-corrected chi connectivity index (χ1v) is 6.47. The highest BCUT2D eigenvalue weighted by Gasteiger charge is 2.22. The van der Waals surface area contributed by atoms with E-state index < -0.39 is 0 Å². The molecule has 7 nitrogen and oxygen atoms in total. The predicted molar refractivity (Wildman–Crippen MR) is 72.6 cm³/mol. The summed E-state index contributed by atoms with van der Waals surface area (Å²) in [7, 11) is 0. The van der Waals surface area contributed by atoms with Gasteiger partial charge in [-0.05, 0) is 26.7 Å². The van der Waals surface area contributed by atoms with Crippen LogP contribution in [0, 0.1) is 13.8 Å². The summed E-state index contributed by atoms with van der Waals surface area (Å²) in [5.74, 6) is 1.91. The fourth-order valence-corrected chi connectivity index (χ4v) is 1.80. The molecule has 0 unspecified atom stereocenters. The van der Waals surface area contributed by atoms with Crippen LogP contribution in [0.1, 0.15) is 34.9 Å². The van der Waals surface area contributed by atoms with Crippen molar-refractivity contribution in [3.8, 4) is 0 Å². The van der Waals surface area contributed by atoms with Gasteiger partial charge in [0.15, 0.2) is 5.82 Å². The van der Waals surface area contributed by atoms with Crippen molar-refractivity contribution in [2.45, 2.75) is 32.7 Å². The second-order valence-electron chi connectivity index (χ2n) is 4.88. The van der Waals surface area contributed by atoms with E-state index in [1.807, 2.05) is 0 Å². The van der Waals surface area contributed by atoms with E-state index in [9.17, 15) is 4.79 Å². The Morgan fingerprint density at radius 1 is 1.25 bits per heavy atom. The smallest absolute Gasteiger partial charge is 0.275 e. The standard InChI is InChI=1S/C13H15N5O2/c1-7-5-12(18-20-7)17-13(19)10-6-11(15-8(2)14-10)16-9-3-4-9/h5-6,9H,3-4H2,1-2H3,(H,14,15,16)(H,17,18,19). The van der Waals surface area contributed by atoms with Crippen molar-refractivity contribution in [1.82, 2.24) is 15.1 Å². The first-order valence-electron chi connectivity index (χ1n) is 6.47. The van der Waals surface area contributed by atoms with Gasteiger partial charge in [0.2, 0.25) is 0 Å². The lowest BCUT2D eigenvalue weighted by molar-refractivity contribution is 0.102. The first-order chi connectivity index (χ1) is 9.60. The molecule has 7 heteroatoms. The second-order valence-corrected chi connectivity index (χ2v) is 4.88. The van der Waals surface area contributed by atoms with Crippen molar-refractivity contribution in [2.75, 3.05) is 10.6 Å². The van der Waals surface area contributed by atoms with Crippen molar-refractivity contribution < 1.29 is 9.32 Å². The van der Waals surface area contributed by atoms with E-state index in [0.717, 1.165) is 12.8 Å². The van der Waals surface area contributed by atoms with Crippen LogP contribution >= 0.6 is 0 Å². The molecule has 1 aliphatic rings. The summed E-state index contributed by atoms with van der Waals surface area (Å²) in [5.41, 5.74) is 0.307. The van der Waals surface area contributed by atoms with Gasteiger partial charge >= 0.3 is 0 Å². The third kappa shape index (κ3) is 2.93. The summed E-state index contributed by atoms with van der Waals surface area (Å²) in [6.07, 6.45) is 2.28. The van der Waals surface area contributed by atoms with Crippen LogP contribution in [0.4, 0.5) is 11.6 Å². The maximum absolute atomic E-state index is 12.1. The van der Waals surface area contributed by atoms with Crippen molar-refractivity contribution in [3.05, 3.63) is 29.4 Å². The Morgan fingerprint density at radius 2 is 2.05 bits per heavy atom. The molecule has 104 valence electrons. The molecule has 0 saturated heterocycles. The fraction of sp³-hybridized carbons (Fsp3) is 0.385. The fourth-order valence-electron chi connectivity index (χ4n) is 1.80. The molecule has 1 amide bonds. The molecule has 0 spiro atoms.